The zero-order valence-corrected chi connectivity index (χ0v) is 13.7. The fourth-order valence-electron chi connectivity index (χ4n) is 1.70. The zero-order valence-electron chi connectivity index (χ0n) is 13.7. The number of alkyl carbamates (subject to hydrolysis) is 1. The lowest BCUT2D eigenvalue weighted by Crippen LogP contribution is -2.35. The predicted molar refractivity (Wildman–Crippen MR) is 87.4 cm³/mol. The van der Waals surface area contributed by atoms with Crippen LogP contribution < -0.4 is 16.9 Å². The van der Waals surface area contributed by atoms with E-state index in [0.717, 1.165) is 5.56 Å². The van der Waals surface area contributed by atoms with Crippen LogP contribution in [0, 0.1) is 6.92 Å². The first-order valence-corrected chi connectivity index (χ1v) is 7.15. The van der Waals surface area contributed by atoms with Gasteiger partial charge in [0.25, 0.3) is 0 Å². The number of nitrogens with zero attached hydrogens (tertiary/aromatic N) is 1. The fourth-order valence-corrected chi connectivity index (χ4v) is 1.70. The maximum Gasteiger partial charge on any atom is 0.407 e. The Bertz CT molecular complexity index is 518. The summed E-state index contributed by atoms with van der Waals surface area (Å²) in [6.45, 7) is 8.15. The van der Waals surface area contributed by atoms with Crippen molar-refractivity contribution in [3.63, 3.8) is 0 Å². The number of aryl methyl sites for hydroxylation is 1. The number of rotatable bonds is 5. The van der Waals surface area contributed by atoms with Gasteiger partial charge in [0.1, 0.15) is 5.60 Å². The summed E-state index contributed by atoms with van der Waals surface area (Å²) in [6, 6.07) is 8.08. The molecule has 0 bridgehead atoms. The van der Waals surface area contributed by atoms with Crippen molar-refractivity contribution in [3.05, 3.63) is 47.3 Å². The number of carbonyl (C=O) groups excluding carboxylic acids is 1. The molecule has 1 amide bonds. The molecule has 0 radical (unpaired) electrons. The molecule has 0 saturated carbocycles. The molecule has 0 spiro atoms. The van der Waals surface area contributed by atoms with E-state index in [0.29, 0.717) is 12.2 Å². The molecule has 6 heteroatoms. The number of hydrogen-bond acceptors (Lipinski definition) is 5. The van der Waals surface area contributed by atoms with Crippen molar-refractivity contribution >= 4 is 6.09 Å². The first-order chi connectivity index (χ1) is 10.2. The molecule has 0 fully saturated rings. The number of hydrogen-bond donors (Lipinski definition) is 3. The Morgan fingerprint density at radius 3 is 2.45 bits per heavy atom. The fraction of sp³-hybridized carbons (Fsp3) is 0.438. The Morgan fingerprint density at radius 1 is 1.32 bits per heavy atom. The summed E-state index contributed by atoms with van der Waals surface area (Å²) in [6.07, 6.45) is 1.09. The highest BCUT2D eigenvalue weighted by Gasteiger charge is 2.15. The largest absolute Gasteiger partial charge is 0.444 e. The van der Waals surface area contributed by atoms with Gasteiger partial charge in [-0.2, -0.15) is 0 Å². The van der Waals surface area contributed by atoms with Gasteiger partial charge in [0.2, 0.25) is 0 Å². The Balaban J connectivity index is 2.43. The molecule has 1 aromatic rings. The van der Waals surface area contributed by atoms with E-state index < -0.39 is 11.7 Å². The van der Waals surface area contributed by atoms with Crippen LogP contribution in [0.1, 0.15) is 31.9 Å². The van der Waals surface area contributed by atoms with Gasteiger partial charge in [0, 0.05) is 11.9 Å². The predicted octanol–water partition coefficient (Wildman–Crippen LogP) is 2.00. The van der Waals surface area contributed by atoms with E-state index >= 15 is 0 Å². The molecule has 0 aliphatic rings. The topological polar surface area (TPSA) is 93.6 Å². The van der Waals surface area contributed by atoms with Gasteiger partial charge in [-0.05, 0) is 33.3 Å². The summed E-state index contributed by atoms with van der Waals surface area (Å²) in [5, 5.41) is 4.06. The van der Waals surface area contributed by atoms with Crippen molar-refractivity contribution in [2.24, 2.45) is 11.6 Å². The van der Waals surface area contributed by atoms with Crippen molar-refractivity contribution in [1.29, 1.82) is 0 Å². The summed E-state index contributed by atoms with van der Waals surface area (Å²) in [4.78, 5) is 11.5. The number of benzene rings is 1. The van der Waals surface area contributed by atoms with Crippen LogP contribution in [-0.4, -0.2) is 23.2 Å². The maximum absolute atomic E-state index is 11.5. The Kier molecular flexibility index (Phi) is 6.24. The van der Waals surface area contributed by atoms with Crippen molar-refractivity contribution in [1.82, 2.24) is 10.3 Å². The second kappa shape index (κ2) is 7.70. The van der Waals surface area contributed by atoms with Gasteiger partial charge in [0.05, 0.1) is 13.1 Å². The van der Waals surface area contributed by atoms with Crippen molar-refractivity contribution in [2.45, 2.75) is 39.8 Å². The van der Waals surface area contributed by atoms with Gasteiger partial charge in [-0.15, -0.1) is 0 Å². The van der Waals surface area contributed by atoms with E-state index in [1.165, 1.54) is 10.6 Å². The lowest BCUT2D eigenvalue weighted by Gasteiger charge is -2.20. The number of carbonyl (C=O) groups is 1. The normalized spacial score (nSPS) is 12.0. The van der Waals surface area contributed by atoms with Gasteiger partial charge in [0.15, 0.2) is 0 Å². The molecule has 1 rings (SSSR count). The lowest BCUT2D eigenvalue weighted by atomic mass is 10.1. The third kappa shape index (κ3) is 7.54. The van der Waals surface area contributed by atoms with Crippen LogP contribution in [0.5, 0.6) is 0 Å². The van der Waals surface area contributed by atoms with E-state index in [2.05, 4.69) is 5.32 Å². The molecule has 0 atom stereocenters. The number of nitrogens with one attached hydrogen (secondary N) is 1. The summed E-state index contributed by atoms with van der Waals surface area (Å²) < 4.78 is 5.12. The number of hydrazine groups is 1. The number of nitrogens with two attached hydrogens (primary N) is 2. The van der Waals surface area contributed by atoms with Crippen LogP contribution in [0.25, 0.3) is 0 Å². The summed E-state index contributed by atoms with van der Waals surface area (Å²) in [5.41, 5.74) is 8.02. The van der Waals surface area contributed by atoms with Crippen LogP contribution in [0.2, 0.25) is 0 Å². The average molecular weight is 306 g/mol. The second-order valence-corrected chi connectivity index (χ2v) is 6.22. The van der Waals surface area contributed by atoms with E-state index in [1.54, 1.807) is 27.0 Å². The molecule has 0 saturated heterocycles. The Morgan fingerprint density at radius 2 is 1.91 bits per heavy atom. The van der Waals surface area contributed by atoms with E-state index in [9.17, 15) is 4.79 Å². The third-order valence-electron chi connectivity index (χ3n) is 2.65. The SMILES string of the molecule is Cc1ccc(CN(N)/C=C(\N)CNC(=O)OC(C)(C)C)cc1. The molecule has 6 nitrogen and oxygen atoms in total. The quantitative estimate of drug-likeness (QED) is 0.571. The van der Waals surface area contributed by atoms with Gasteiger partial charge < -0.3 is 20.8 Å². The minimum atomic E-state index is -0.534. The molecule has 0 aliphatic carbocycles. The highest BCUT2D eigenvalue weighted by molar-refractivity contribution is 5.67. The highest BCUT2D eigenvalue weighted by Crippen LogP contribution is 2.07. The van der Waals surface area contributed by atoms with Crippen molar-refractivity contribution in [3.8, 4) is 0 Å². The third-order valence-corrected chi connectivity index (χ3v) is 2.65. The van der Waals surface area contributed by atoms with Crippen LogP contribution in [0.15, 0.2) is 36.2 Å². The van der Waals surface area contributed by atoms with Crippen LogP contribution in [0.4, 0.5) is 4.79 Å². The molecule has 122 valence electrons. The van der Waals surface area contributed by atoms with E-state index in [1.807, 2.05) is 31.2 Å². The van der Waals surface area contributed by atoms with Crippen LogP contribution in [0.3, 0.4) is 0 Å². The number of ether oxygens (including phenoxy) is 1. The Labute approximate surface area is 132 Å². The first-order valence-electron chi connectivity index (χ1n) is 7.15. The monoisotopic (exact) mass is 306 g/mol. The van der Waals surface area contributed by atoms with Gasteiger partial charge in [-0.1, -0.05) is 29.8 Å². The summed E-state index contributed by atoms with van der Waals surface area (Å²) >= 11 is 0. The first kappa shape index (κ1) is 17.8. The van der Waals surface area contributed by atoms with Gasteiger partial charge in [-0.3, -0.25) is 0 Å². The zero-order chi connectivity index (χ0) is 16.8. The molecule has 22 heavy (non-hydrogen) atoms. The van der Waals surface area contributed by atoms with Crippen molar-refractivity contribution < 1.29 is 9.53 Å². The minimum Gasteiger partial charge on any atom is -0.444 e. The molecular formula is C16H26N4O2. The molecule has 0 unspecified atom stereocenters. The second-order valence-electron chi connectivity index (χ2n) is 6.22. The van der Waals surface area contributed by atoms with Gasteiger partial charge >= 0.3 is 6.09 Å². The number of amides is 1. The van der Waals surface area contributed by atoms with Crippen molar-refractivity contribution in [2.75, 3.05) is 6.54 Å². The molecule has 0 aromatic heterocycles. The summed E-state index contributed by atoms with van der Waals surface area (Å²) in [7, 11) is 0. The Hall–Kier alpha value is -2.21. The maximum atomic E-state index is 11.5. The van der Waals surface area contributed by atoms with Crippen LogP contribution in [-0.2, 0) is 11.3 Å². The van der Waals surface area contributed by atoms with E-state index in [-0.39, 0.29) is 6.54 Å². The highest BCUT2D eigenvalue weighted by atomic mass is 16.6. The summed E-state index contributed by atoms with van der Waals surface area (Å²) in [5.74, 6) is 5.89. The standard InChI is InChI=1S/C16H26N4O2/c1-12-5-7-13(8-6-12)10-20(18)11-14(17)9-19-15(21)22-16(2,3)4/h5-8,11H,9-10,17-18H2,1-4H3,(H,19,21)/b14-11-. The molecule has 0 heterocycles. The molecule has 5 N–H and O–H groups in total. The lowest BCUT2D eigenvalue weighted by molar-refractivity contribution is 0.0532. The molecule has 0 aliphatic heterocycles. The molecular weight excluding hydrogens is 280 g/mol. The van der Waals surface area contributed by atoms with Crippen LogP contribution >= 0.6 is 0 Å². The van der Waals surface area contributed by atoms with E-state index in [4.69, 9.17) is 16.3 Å². The smallest absolute Gasteiger partial charge is 0.407 e. The van der Waals surface area contributed by atoms with Gasteiger partial charge in [-0.25, -0.2) is 10.6 Å². The minimum absolute atomic E-state index is 0.177. The molecule has 1 aromatic carbocycles. The average Bonchev–Trinajstić information content (AvgIpc) is 2.37.